The molecule has 0 amide bonds. The predicted octanol–water partition coefficient (Wildman–Crippen LogP) is 14.0. The number of anilines is 3. The van der Waals surface area contributed by atoms with Gasteiger partial charge in [-0.3, -0.25) is 0 Å². The van der Waals surface area contributed by atoms with Gasteiger partial charge in [0.05, 0.1) is 0 Å². The van der Waals surface area contributed by atoms with Gasteiger partial charge in [-0.2, -0.15) is 0 Å². The van der Waals surface area contributed by atoms with Crippen molar-refractivity contribution in [1.29, 1.82) is 0 Å². The summed E-state index contributed by atoms with van der Waals surface area (Å²) in [5.74, 6) is 0. The topological polar surface area (TPSA) is 29.5 Å². The molecule has 0 spiro atoms. The lowest BCUT2D eigenvalue weighted by atomic mass is 9.94. The summed E-state index contributed by atoms with van der Waals surface area (Å²) in [5.41, 5.74) is 13.6. The van der Waals surface area contributed by atoms with E-state index in [2.05, 4.69) is 169 Å². The van der Waals surface area contributed by atoms with Gasteiger partial charge in [0.1, 0.15) is 22.3 Å². The second kappa shape index (κ2) is 11.9. The van der Waals surface area contributed by atoms with Crippen LogP contribution in [0.25, 0.3) is 77.3 Å². The summed E-state index contributed by atoms with van der Waals surface area (Å²) in [7, 11) is 0. The average molecular weight is 654 g/mol. The minimum Gasteiger partial charge on any atom is -0.456 e. The van der Waals surface area contributed by atoms with Crippen LogP contribution in [0.2, 0.25) is 0 Å². The van der Waals surface area contributed by atoms with Crippen molar-refractivity contribution in [2.24, 2.45) is 0 Å². The first-order valence-electron chi connectivity index (χ1n) is 17.3. The number of hydrogen-bond acceptors (Lipinski definition) is 3. The number of nitrogens with zero attached hydrogens (tertiary/aromatic N) is 1. The molecule has 0 unspecified atom stereocenters. The maximum absolute atomic E-state index is 6.73. The van der Waals surface area contributed by atoms with Gasteiger partial charge in [-0.05, 0) is 94.5 Å². The maximum Gasteiger partial charge on any atom is 0.143 e. The van der Waals surface area contributed by atoms with Crippen molar-refractivity contribution in [1.82, 2.24) is 0 Å². The third-order valence-electron chi connectivity index (χ3n) is 9.87. The smallest absolute Gasteiger partial charge is 0.143 e. The van der Waals surface area contributed by atoms with Gasteiger partial charge in [0.25, 0.3) is 0 Å². The first-order chi connectivity index (χ1) is 25.3. The highest BCUT2D eigenvalue weighted by atomic mass is 16.3. The van der Waals surface area contributed by atoms with E-state index >= 15 is 0 Å². The molecule has 0 radical (unpaired) electrons. The van der Waals surface area contributed by atoms with Gasteiger partial charge in [0.2, 0.25) is 0 Å². The number of benzene rings is 8. The molecule has 0 aliphatic heterocycles. The van der Waals surface area contributed by atoms with Gasteiger partial charge < -0.3 is 13.7 Å². The highest BCUT2D eigenvalue weighted by Gasteiger charge is 2.20. The van der Waals surface area contributed by atoms with Crippen LogP contribution in [0.15, 0.2) is 197 Å². The fraction of sp³-hybridized carbons (Fsp3) is 0. The summed E-state index contributed by atoms with van der Waals surface area (Å²) in [6, 6.07) is 66.1. The molecule has 2 heterocycles. The first kappa shape index (κ1) is 29.1. The largest absolute Gasteiger partial charge is 0.456 e. The van der Waals surface area contributed by atoms with E-state index < -0.39 is 0 Å². The van der Waals surface area contributed by atoms with Crippen LogP contribution in [-0.4, -0.2) is 0 Å². The van der Waals surface area contributed by atoms with Crippen LogP contribution in [0.3, 0.4) is 0 Å². The van der Waals surface area contributed by atoms with Gasteiger partial charge in [0.15, 0.2) is 0 Å². The summed E-state index contributed by atoms with van der Waals surface area (Å²) in [6.45, 7) is 0. The van der Waals surface area contributed by atoms with Crippen molar-refractivity contribution < 1.29 is 8.83 Å². The van der Waals surface area contributed by atoms with Crippen molar-refractivity contribution >= 4 is 60.9 Å². The molecule has 0 atom stereocenters. The third-order valence-corrected chi connectivity index (χ3v) is 9.87. The van der Waals surface area contributed by atoms with E-state index in [-0.39, 0.29) is 0 Å². The highest BCUT2D eigenvalue weighted by molar-refractivity contribution is 6.27. The lowest BCUT2D eigenvalue weighted by Crippen LogP contribution is -2.09. The minimum atomic E-state index is 0.854. The molecule has 3 heteroatoms. The SMILES string of the molecule is c1ccc(-c2cc(-c3ccc(-c4ccc(N(c5ccccc5)c5ccccc5)cc4)cc3)c3oc4ccc5oc6ccccc6c5c4c3c2)cc1. The summed E-state index contributed by atoms with van der Waals surface area (Å²) in [6.07, 6.45) is 0. The second-order valence-corrected chi connectivity index (χ2v) is 12.9. The van der Waals surface area contributed by atoms with Crippen molar-refractivity contribution in [2.45, 2.75) is 0 Å². The molecule has 0 N–H and O–H groups in total. The first-order valence-corrected chi connectivity index (χ1v) is 17.3. The van der Waals surface area contributed by atoms with Crippen LogP contribution >= 0.6 is 0 Å². The lowest BCUT2D eigenvalue weighted by molar-refractivity contribution is 0.663. The highest BCUT2D eigenvalue weighted by Crippen LogP contribution is 2.45. The second-order valence-electron chi connectivity index (χ2n) is 12.9. The number of fused-ring (bicyclic) bond motifs is 7. The van der Waals surface area contributed by atoms with E-state index in [1.165, 1.54) is 0 Å². The Morgan fingerprint density at radius 2 is 0.804 bits per heavy atom. The summed E-state index contributed by atoms with van der Waals surface area (Å²) in [5, 5.41) is 4.36. The number of para-hydroxylation sites is 3. The number of hydrogen-bond donors (Lipinski definition) is 0. The Morgan fingerprint density at radius 3 is 1.47 bits per heavy atom. The van der Waals surface area contributed by atoms with E-state index in [9.17, 15) is 0 Å². The maximum atomic E-state index is 6.73. The van der Waals surface area contributed by atoms with Crippen LogP contribution in [0.5, 0.6) is 0 Å². The zero-order valence-corrected chi connectivity index (χ0v) is 27.7. The molecule has 8 aromatic carbocycles. The Bertz CT molecular complexity index is 2780. The van der Waals surface area contributed by atoms with E-state index in [1.54, 1.807) is 0 Å². The molecule has 3 nitrogen and oxygen atoms in total. The van der Waals surface area contributed by atoms with Crippen LogP contribution < -0.4 is 4.90 Å². The van der Waals surface area contributed by atoms with E-state index in [0.29, 0.717) is 0 Å². The molecule has 10 rings (SSSR count). The van der Waals surface area contributed by atoms with Crippen molar-refractivity contribution in [3.63, 3.8) is 0 Å². The Morgan fingerprint density at radius 1 is 0.314 bits per heavy atom. The van der Waals surface area contributed by atoms with Gasteiger partial charge >= 0.3 is 0 Å². The predicted molar refractivity (Wildman–Crippen MR) is 212 cm³/mol. The molecule has 0 aliphatic rings. The molecule has 51 heavy (non-hydrogen) atoms. The van der Waals surface area contributed by atoms with Crippen molar-refractivity contribution in [3.05, 3.63) is 188 Å². The van der Waals surface area contributed by atoms with Gasteiger partial charge in [0, 0.05) is 44.2 Å². The minimum absolute atomic E-state index is 0.854. The number of furan rings is 2. The van der Waals surface area contributed by atoms with Crippen LogP contribution in [0.4, 0.5) is 17.1 Å². The summed E-state index contributed by atoms with van der Waals surface area (Å²) < 4.78 is 13.0. The van der Waals surface area contributed by atoms with Crippen LogP contribution in [0, 0.1) is 0 Å². The quantitative estimate of drug-likeness (QED) is 0.179. The fourth-order valence-electron chi connectivity index (χ4n) is 7.44. The van der Waals surface area contributed by atoms with E-state index in [0.717, 1.165) is 94.3 Å². The molecule has 0 fully saturated rings. The Balaban J connectivity index is 1.08. The third kappa shape index (κ3) is 4.98. The van der Waals surface area contributed by atoms with Gasteiger partial charge in [-0.1, -0.05) is 121 Å². The van der Waals surface area contributed by atoms with Crippen molar-refractivity contribution in [3.8, 4) is 33.4 Å². The van der Waals surface area contributed by atoms with E-state index in [4.69, 9.17) is 8.83 Å². The van der Waals surface area contributed by atoms with E-state index in [1.807, 2.05) is 24.3 Å². The zero-order chi connectivity index (χ0) is 33.7. The molecular formula is C48H31NO2. The standard InChI is InChI=1S/C48H31NO2/c1-4-12-32(13-5-1)36-30-41(48-42(31-36)47-45(51-48)29-28-44-46(47)40-18-10-11-19-43(40)50-44)35-22-20-33(21-23-35)34-24-26-39(27-25-34)49(37-14-6-2-7-15-37)38-16-8-3-9-17-38/h1-31H. The average Bonchev–Trinajstić information content (AvgIpc) is 3.77. The van der Waals surface area contributed by atoms with Crippen molar-refractivity contribution in [2.75, 3.05) is 4.90 Å². The molecule has 0 saturated heterocycles. The summed E-state index contributed by atoms with van der Waals surface area (Å²) >= 11 is 0. The lowest BCUT2D eigenvalue weighted by Gasteiger charge is -2.25. The molecule has 10 aromatic rings. The molecule has 0 bridgehead atoms. The molecular weight excluding hydrogens is 623 g/mol. The monoisotopic (exact) mass is 653 g/mol. The van der Waals surface area contributed by atoms with Crippen LogP contribution in [0.1, 0.15) is 0 Å². The van der Waals surface area contributed by atoms with Gasteiger partial charge in [-0.15, -0.1) is 0 Å². The molecule has 2 aromatic heterocycles. The Hall–Kier alpha value is -6.84. The number of rotatable bonds is 6. The zero-order valence-electron chi connectivity index (χ0n) is 27.7. The normalized spacial score (nSPS) is 11.5. The van der Waals surface area contributed by atoms with Gasteiger partial charge in [-0.25, -0.2) is 0 Å². The molecule has 0 saturated carbocycles. The summed E-state index contributed by atoms with van der Waals surface area (Å²) in [4.78, 5) is 2.28. The van der Waals surface area contributed by atoms with Crippen LogP contribution in [-0.2, 0) is 0 Å². The Kier molecular flexibility index (Phi) is 6.81. The Labute approximate surface area is 295 Å². The fourth-order valence-corrected chi connectivity index (χ4v) is 7.44. The molecule has 240 valence electrons. The molecule has 0 aliphatic carbocycles.